The monoisotopic (exact) mass is 775 g/mol. The standard InChI is InChI=1S/C40H57NO14/c1-18(2)25(41-35(50)36(5,6)7)27(45)34(49)53-28-19(3)24-26(44)30(46)38(10)22(43)16-23-39(17-52-23,55-20(4)42)29(38)32(40(51,31(28)47)37(24,8)9)54-33(48)21-14-12-11-13-15-21/h11-15,18,22-23,25-32,43-47,51H,16-17H2,1-10H3,(H,41,50)/t22-,23+,25-,26+,27+,28+,29?,30+,31-,32-,38+,39-,40+/m0/s1. The summed E-state index contributed by atoms with van der Waals surface area (Å²) in [4.78, 5) is 53.7. The first-order chi connectivity index (χ1) is 25.3. The number of carbonyl (C=O) groups is 4. The van der Waals surface area contributed by atoms with Gasteiger partial charge in [0.25, 0.3) is 0 Å². The van der Waals surface area contributed by atoms with Gasteiger partial charge in [0.2, 0.25) is 5.91 Å². The second-order valence-corrected chi connectivity index (χ2v) is 17.8. The fraction of sp³-hybridized carbons (Fsp3) is 0.700. The largest absolute Gasteiger partial charge is 0.455 e. The zero-order chi connectivity index (χ0) is 41.4. The zero-order valence-electron chi connectivity index (χ0n) is 33.1. The average molecular weight is 776 g/mol. The van der Waals surface area contributed by atoms with Crippen molar-refractivity contribution in [2.75, 3.05) is 6.61 Å². The molecule has 5 rings (SSSR count). The molecule has 1 amide bonds. The van der Waals surface area contributed by atoms with Gasteiger partial charge in [0.15, 0.2) is 17.8 Å². The van der Waals surface area contributed by atoms with Crippen molar-refractivity contribution in [3.63, 3.8) is 0 Å². The minimum absolute atomic E-state index is 0.00846. The molecule has 2 saturated carbocycles. The highest BCUT2D eigenvalue weighted by Gasteiger charge is 2.79. The predicted octanol–water partition coefficient (Wildman–Crippen LogP) is 0.943. The van der Waals surface area contributed by atoms with Crippen molar-refractivity contribution in [3.8, 4) is 0 Å². The van der Waals surface area contributed by atoms with Gasteiger partial charge in [0.05, 0.1) is 36.3 Å². The number of fused-ring (bicyclic) bond motifs is 5. The lowest BCUT2D eigenvalue weighted by Crippen LogP contribution is -2.84. The molecule has 15 nitrogen and oxygen atoms in total. The highest BCUT2D eigenvalue weighted by Crippen LogP contribution is 2.65. The van der Waals surface area contributed by atoms with Crippen molar-refractivity contribution < 1.29 is 68.8 Å². The van der Waals surface area contributed by atoms with Crippen LogP contribution in [-0.4, -0.2) is 127 Å². The molecule has 0 spiro atoms. The third-order valence-electron chi connectivity index (χ3n) is 12.7. The van der Waals surface area contributed by atoms with Crippen LogP contribution in [0.25, 0.3) is 0 Å². The van der Waals surface area contributed by atoms with Crippen LogP contribution in [0.2, 0.25) is 0 Å². The summed E-state index contributed by atoms with van der Waals surface area (Å²) >= 11 is 0. The number of carbonyl (C=O) groups excluding carboxylic acids is 4. The van der Waals surface area contributed by atoms with Gasteiger partial charge in [-0.1, -0.05) is 73.6 Å². The van der Waals surface area contributed by atoms with E-state index in [-0.39, 0.29) is 29.7 Å². The maximum absolute atomic E-state index is 14.1. The molecular formula is C40H57NO14. The molecule has 15 heteroatoms. The summed E-state index contributed by atoms with van der Waals surface area (Å²) in [5.41, 5.74) is -9.18. The third kappa shape index (κ3) is 6.58. The van der Waals surface area contributed by atoms with Crippen LogP contribution in [0.5, 0.6) is 0 Å². The van der Waals surface area contributed by atoms with Crippen molar-refractivity contribution in [2.24, 2.45) is 28.1 Å². The fourth-order valence-corrected chi connectivity index (χ4v) is 9.47. The summed E-state index contributed by atoms with van der Waals surface area (Å²) in [6.45, 7) is 14.9. The summed E-state index contributed by atoms with van der Waals surface area (Å²) in [5, 5.41) is 76.3. The highest BCUT2D eigenvalue weighted by molar-refractivity contribution is 5.89. The normalized spacial score (nSPS) is 37.8. The number of amides is 1. The number of nitrogens with one attached hydrogen (secondary N) is 1. The summed E-state index contributed by atoms with van der Waals surface area (Å²) < 4.78 is 23.8. The van der Waals surface area contributed by atoms with Crippen LogP contribution in [0.15, 0.2) is 41.5 Å². The van der Waals surface area contributed by atoms with E-state index in [0.717, 1.165) is 6.92 Å². The molecule has 7 N–H and O–H groups in total. The van der Waals surface area contributed by atoms with Crippen LogP contribution in [0.3, 0.4) is 0 Å². The van der Waals surface area contributed by atoms with Crippen LogP contribution in [0, 0.1) is 28.1 Å². The van der Waals surface area contributed by atoms with E-state index < -0.39 is 118 Å². The number of ether oxygens (including phenoxy) is 4. The first kappa shape index (κ1) is 42.7. The lowest BCUT2D eigenvalue weighted by Gasteiger charge is -2.69. The Labute approximate surface area is 321 Å². The van der Waals surface area contributed by atoms with E-state index in [2.05, 4.69) is 5.32 Å². The number of esters is 3. The Morgan fingerprint density at radius 1 is 0.964 bits per heavy atom. The molecule has 3 fully saturated rings. The maximum Gasteiger partial charge on any atom is 0.338 e. The van der Waals surface area contributed by atoms with Gasteiger partial charge >= 0.3 is 17.9 Å². The van der Waals surface area contributed by atoms with Gasteiger partial charge < -0.3 is 54.9 Å². The van der Waals surface area contributed by atoms with Crippen molar-refractivity contribution in [1.82, 2.24) is 5.32 Å². The zero-order valence-corrected chi connectivity index (χ0v) is 33.1. The molecule has 13 atom stereocenters. The van der Waals surface area contributed by atoms with Crippen LogP contribution in [0.4, 0.5) is 0 Å². The molecule has 0 radical (unpaired) electrons. The summed E-state index contributed by atoms with van der Waals surface area (Å²) in [5.74, 6) is -5.57. The molecule has 1 saturated heterocycles. The van der Waals surface area contributed by atoms with E-state index in [0.29, 0.717) is 0 Å². The van der Waals surface area contributed by atoms with Crippen LogP contribution < -0.4 is 5.32 Å². The van der Waals surface area contributed by atoms with Crippen LogP contribution >= 0.6 is 0 Å². The van der Waals surface area contributed by atoms with Gasteiger partial charge in [-0.25, -0.2) is 9.59 Å². The Kier molecular flexibility index (Phi) is 11.3. The first-order valence-electron chi connectivity index (χ1n) is 18.7. The van der Waals surface area contributed by atoms with Crippen LogP contribution in [-0.2, 0) is 33.3 Å². The fourth-order valence-electron chi connectivity index (χ4n) is 9.47. The Bertz CT molecular complexity index is 1700. The minimum atomic E-state index is -2.75. The Morgan fingerprint density at radius 2 is 1.56 bits per heavy atom. The predicted molar refractivity (Wildman–Crippen MR) is 194 cm³/mol. The Hall–Kier alpha value is -3.44. The first-order valence-corrected chi connectivity index (χ1v) is 18.7. The summed E-state index contributed by atoms with van der Waals surface area (Å²) in [6.07, 6.45) is -14.5. The van der Waals surface area contributed by atoms with Gasteiger partial charge in [0.1, 0.15) is 30.0 Å². The SMILES string of the molecule is CC(=O)O[C@@]12CO[C@@H]1C[C@H](O)[C@]1(C)C2[C@H](OC(=O)c2ccccc2)[C@]2(O)[C@@H](O)[C@H](OC(=O)[C@H](O)[C@@H](NC(=O)C(C)(C)C)C(C)C)C(C)=C([C@@H](O)[C@H]1O)C2(C)C. The second-order valence-electron chi connectivity index (χ2n) is 17.8. The van der Waals surface area contributed by atoms with E-state index in [1.54, 1.807) is 52.8 Å². The van der Waals surface area contributed by atoms with Crippen molar-refractivity contribution in [2.45, 2.75) is 142 Å². The molecule has 4 aliphatic rings. The number of hydrogen-bond acceptors (Lipinski definition) is 14. The molecule has 3 aliphatic carbocycles. The minimum Gasteiger partial charge on any atom is -0.455 e. The molecule has 1 heterocycles. The molecule has 2 bridgehead atoms. The number of rotatable bonds is 8. The number of hydrogen-bond donors (Lipinski definition) is 7. The quantitative estimate of drug-likeness (QED) is 0.111. The van der Waals surface area contributed by atoms with Crippen molar-refractivity contribution in [3.05, 3.63) is 47.0 Å². The summed E-state index contributed by atoms with van der Waals surface area (Å²) in [7, 11) is 0. The third-order valence-corrected chi connectivity index (χ3v) is 12.7. The Morgan fingerprint density at radius 3 is 2.07 bits per heavy atom. The lowest BCUT2D eigenvalue weighted by molar-refractivity contribution is -0.370. The van der Waals surface area contributed by atoms with E-state index in [9.17, 15) is 49.8 Å². The van der Waals surface area contributed by atoms with Crippen LogP contribution in [0.1, 0.15) is 86.0 Å². The molecule has 1 aliphatic heterocycles. The van der Waals surface area contributed by atoms with Crippen molar-refractivity contribution in [1.29, 1.82) is 0 Å². The van der Waals surface area contributed by atoms with Gasteiger partial charge in [-0.3, -0.25) is 9.59 Å². The van der Waals surface area contributed by atoms with Gasteiger partial charge in [0, 0.05) is 29.6 Å². The van der Waals surface area contributed by atoms with Crippen molar-refractivity contribution >= 4 is 23.8 Å². The molecule has 0 aromatic heterocycles. The van der Waals surface area contributed by atoms with E-state index in [4.69, 9.17) is 18.9 Å². The van der Waals surface area contributed by atoms with Gasteiger partial charge in [-0.05, 0) is 36.1 Å². The molecule has 306 valence electrons. The van der Waals surface area contributed by atoms with Gasteiger partial charge in [-0.15, -0.1) is 0 Å². The molecule has 1 unspecified atom stereocenters. The molecule has 1 aromatic carbocycles. The van der Waals surface area contributed by atoms with Gasteiger partial charge in [-0.2, -0.15) is 0 Å². The van der Waals surface area contributed by atoms with E-state index >= 15 is 0 Å². The maximum atomic E-state index is 14.1. The average Bonchev–Trinajstić information content (AvgIpc) is 3.09. The number of aliphatic hydroxyl groups excluding tert-OH is 5. The smallest absolute Gasteiger partial charge is 0.338 e. The number of aliphatic hydroxyl groups is 6. The lowest BCUT2D eigenvalue weighted by atomic mass is 9.44. The van der Waals surface area contributed by atoms with E-state index in [1.165, 1.54) is 39.8 Å². The molecule has 55 heavy (non-hydrogen) atoms. The number of benzene rings is 1. The van der Waals surface area contributed by atoms with E-state index in [1.807, 2.05) is 0 Å². The summed E-state index contributed by atoms with van der Waals surface area (Å²) in [6, 6.07) is 6.58. The topological polar surface area (TPSA) is 239 Å². The molecular weight excluding hydrogens is 718 g/mol. The second kappa shape index (κ2) is 14.5. The Balaban J connectivity index is 1.73. The highest BCUT2D eigenvalue weighted by atomic mass is 16.6. The molecule has 1 aromatic rings.